The van der Waals surface area contributed by atoms with Gasteiger partial charge in [-0.2, -0.15) is 0 Å². The molecule has 0 heterocycles. The van der Waals surface area contributed by atoms with Crippen LogP contribution in [0.5, 0.6) is 0 Å². The zero-order chi connectivity index (χ0) is 37.2. The molecule has 6 nitrogen and oxygen atoms in total. The van der Waals surface area contributed by atoms with E-state index >= 15 is 4.79 Å². The highest BCUT2D eigenvalue weighted by atomic mass is 16.3. The summed E-state index contributed by atoms with van der Waals surface area (Å²) in [6, 6.07) is 28.0. The standard InChI is InChI=1S/C47H56N2O4/c1-5-28-49(42(52)48-32(2)33-12-8-6-9-13-33)31-46(53)25-22-40-44(46,4)24-21-39-43(3)23-20-37(50)29-45(43)26-27-47(39,40)38(30-45)41(51)36-18-16-35(17-19-36)34-14-10-7-11-15-34/h6-19,26-27,30,32,37,39-40,50,53H,5,20-25,28-29,31H2,1-4H3,(H,48,52). The van der Waals surface area contributed by atoms with Crippen LogP contribution in [0, 0.1) is 33.5 Å². The molecule has 9 atom stereocenters. The van der Waals surface area contributed by atoms with Crippen molar-refractivity contribution in [2.75, 3.05) is 13.1 Å². The summed E-state index contributed by atoms with van der Waals surface area (Å²) in [5.74, 6) is 0.287. The number of ketones is 1. The van der Waals surface area contributed by atoms with Gasteiger partial charge in [0.05, 0.1) is 24.3 Å². The first kappa shape index (κ1) is 36.0. The number of urea groups is 1. The van der Waals surface area contributed by atoms with Crippen LogP contribution in [0.25, 0.3) is 11.1 Å². The van der Waals surface area contributed by atoms with Crippen LogP contribution in [0.15, 0.2) is 109 Å². The molecule has 53 heavy (non-hydrogen) atoms. The quantitative estimate of drug-likeness (QED) is 0.152. The maximum atomic E-state index is 15.1. The van der Waals surface area contributed by atoms with Crippen LogP contribution in [0.4, 0.5) is 4.79 Å². The minimum atomic E-state index is -1.12. The molecule has 3 aromatic rings. The first-order chi connectivity index (χ1) is 25.4. The monoisotopic (exact) mass is 712 g/mol. The molecule has 9 rings (SSSR count). The number of nitrogens with one attached hydrogen (secondary N) is 1. The third-order valence-electron chi connectivity index (χ3n) is 15.1. The fraction of sp³-hybridized carbons (Fsp3) is 0.489. The fourth-order valence-electron chi connectivity index (χ4n) is 12.1. The Bertz CT molecular complexity index is 1920. The van der Waals surface area contributed by atoms with Crippen LogP contribution in [0.2, 0.25) is 0 Å². The second-order valence-electron chi connectivity index (χ2n) is 17.6. The van der Waals surface area contributed by atoms with E-state index < -0.39 is 22.5 Å². The molecule has 9 unspecified atom stereocenters. The van der Waals surface area contributed by atoms with Crippen molar-refractivity contribution in [1.29, 1.82) is 0 Å². The molecule has 278 valence electrons. The van der Waals surface area contributed by atoms with Crippen LogP contribution in [0.3, 0.4) is 0 Å². The summed E-state index contributed by atoms with van der Waals surface area (Å²) >= 11 is 0. The Morgan fingerprint density at radius 2 is 1.45 bits per heavy atom. The molecule has 6 aliphatic carbocycles. The Hall–Kier alpha value is -4.00. The molecule has 2 bridgehead atoms. The van der Waals surface area contributed by atoms with Gasteiger partial charge in [-0.3, -0.25) is 4.79 Å². The molecule has 3 N–H and O–H groups in total. The van der Waals surface area contributed by atoms with Gasteiger partial charge in [-0.05, 0) is 92.2 Å². The molecule has 6 aliphatic rings. The van der Waals surface area contributed by atoms with Crippen molar-refractivity contribution in [3.63, 3.8) is 0 Å². The highest BCUT2D eigenvalue weighted by Gasteiger charge is 2.74. The lowest BCUT2D eigenvalue weighted by Crippen LogP contribution is -2.67. The van der Waals surface area contributed by atoms with Gasteiger partial charge in [-0.25, -0.2) is 4.79 Å². The normalized spacial score (nSPS) is 35.7. The number of carbonyl (C=O) groups is 2. The van der Waals surface area contributed by atoms with Crippen molar-refractivity contribution < 1.29 is 19.8 Å². The topological polar surface area (TPSA) is 89.9 Å². The molecular formula is C47H56N2O4. The van der Waals surface area contributed by atoms with Crippen LogP contribution >= 0.6 is 0 Å². The van der Waals surface area contributed by atoms with Crippen LogP contribution < -0.4 is 5.32 Å². The number of hydrogen-bond donors (Lipinski definition) is 3. The maximum Gasteiger partial charge on any atom is 0.317 e. The van der Waals surface area contributed by atoms with Crippen molar-refractivity contribution >= 4 is 11.8 Å². The second kappa shape index (κ2) is 13.1. The summed E-state index contributed by atoms with van der Waals surface area (Å²) in [6.45, 7) is 9.55. The van der Waals surface area contributed by atoms with Crippen LogP contribution in [-0.2, 0) is 0 Å². The SMILES string of the molecule is CCCN(CC1(O)CCC2C34C=CC5(C=C3C(=O)c3ccc(-c6ccccc6)cc3)CC(O)CCC5(C)C4CCC21C)C(=O)NC(C)c1ccccc1. The fourth-order valence-corrected chi connectivity index (χ4v) is 12.1. The van der Waals surface area contributed by atoms with Crippen molar-refractivity contribution in [2.45, 2.75) is 96.8 Å². The minimum absolute atomic E-state index is 0.0190. The first-order valence-corrected chi connectivity index (χ1v) is 20.0. The lowest BCUT2D eigenvalue weighted by atomic mass is 9.32. The Morgan fingerprint density at radius 1 is 0.830 bits per heavy atom. The van der Waals surface area contributed by atoms with Crippen molar-refractivity contribution in [3.05, 3.63) is 120 Å². The van der Waals surface area contributed by atoms with Crippen molar-refractivity contribution in [1.82, 2.24) is 10.2 Å². The molecule has 3 aromatic carbocycles. The largest absolute Gasteiger partial charge is 0.393 e. The van der Waals surface area contributed by atoms with Crippen LogP contribution in [0.1, 0.15) is 101 Å². The summed E-state index contributed by atoms with van der Waals surface area (Å²) < 4.78 is 0. The molecule has 0 aromatic heterocycles. The molecule has 3 saturated carbocycles. The first-order valence-electron chi connectivity index (χ1n) is 20.0. The highest BCUT2D eigenvalue weighted by Crippen LogP contribution is 2.78. The van der Waals surface area contributed by atoms with Gasteiger partial charge in [0.15, 0.2) is 5.78 Å². The Balaban J connectivity index is 1.15. The Kier molecular flexibility index (Phi) is 8.89. The van der Waals surface area contributed by atoms with E-state index in [4.69, 9.17) is 0 Å². The summed E-state index contributed by atoms with van der Waals surface area (Å²) in [7, 11) is 0. The van der Waals surface area contributed by atoms with E-state index in [-0.39, 0.29) is 47.1 Å². The smallest absolute Gasteiger partial charge is 0.317 e. The number of Topliss-reactive ketones (excluding diaryl/α,β-unsaturated/α-hetero) is 1. The van der Waals surface area contributed by atoms with Gasteiger partial charge in [0.2, 0.25) is 0 Å². The summed E-state index contributed by atoms with van der Waals surface area (Å²) in [4.78, 5) is 30.8. The van der Waals surface area contributed by atoms with Gasteiger partial charge in [0.1, 0.15) is 0 Å². The van der Waals surface area contributed by atoms with E-state index in [1.807, 2.05) is 84.6 Å². The van der Waals surface area contributed by atoms with Gasteiger partial charge in [-0.15, -0.1) is 0 Å². The number of hydrogen-bond acceptors (Lipinski definition) is 4. The van der Waals surface area contributed by atoms with E-state index in [9.17, 15) is 15.0 Å². The predicted molar refractivity (Wildman–Crippen MR) is 210 cm³/mol. The van der Waals surface area contributed by atoms with E-state index in [1.165, 1.54) is 0 Å². The van der Waals surface area contributed by atoms with Crippen molar-refractivity contribution in [3.8, 4) is 11.1 Å². The molecule has 0 radical (unpaired) electrons. The maximum absolute atomic E-state index is 15.1. The van der Waals surface area contributed by atoms with Gasteiger partial charge in [0.25, 0.3) is 0 Å². The zero-order valence-electron chi connectivity index (χ0n) is 31.9. The van der Waals surface area contributed by atoms with Gasteiger partial charge in [-0.1, -0.05) is 124 Å². The molecule has 0 aliphatic heterocycles. The van der Waals surface area contributed by atoms with Gasteiger partial charge < -0.3 is 20.4 Å². The second-order valence-corrected chi connectivity index (χ2v) is 17.6. The summed E-state index contributed by atoms with van der Waals surface area (Å²) in [5, 5.41) is 27.3. The number of rotatable bonds is 9. The number of nitrogens with zero attached hydrogens (tertiary/aromatic N) is 1. The number of amides is 2. The lowest BCUT2D eigenvalue weighted by Gasteiger charge is -2.71. The average Bonchev–Trinajstić information content (AvgIpc) is 3.44. The number of aliphatic hydroxyl groups is 2. The summed E-state index contributed by atoms with van der Waals surface area (Å²) in [5.41, 5.74) is 2.07. The third-order valence-corrected chi connectivity index (χ3v) is 15.1. The number of aliphatic hydroxyl groups excluding tert-OH is 1. The van der Waals surface area contributed by atoms with Crippen molar-refractivity contribution in [2.24, 2.45) is 33.5 Å². The number of carbonyl (C=O) groups excluding carboxylic acids is 2. The van der Waals surface area contributed by atoms with Gasteiger partial charge >= 0.3 is 6.03 Å². The number of fused-ring (bicyclic) bond motifs is 1. The van der Waals surface area contributed by atoms with E-state index in [1.54, 1.807) is 0 Å². The number of allylic oxidation sites excluding steroid dienone is 4. The highest BCUT2D eigenvalue weighted by molar-refractivity contribution is 6.10. The molecule has 0 saturated heterocycles. The number of benzene rings is 3. The predicted octanol–water partition coefficient (Wildman–Crippen LogP) is 9.31. The Labute approximate surface area is 315 Å². The van der Waals surface area contributed by atoms with Gasteiger partial charge in [0, 0.05) is 33.9 Å². The van der Waals surface area contributed by atoms with Crippen LogP contribution in [-0.4, -0.2) is 51.7 Å². The molecule has 3 fully saturated rings. The zero-order valence-corrected chi connectivity index (χ0v) is 31.9. The molecular weight excluding hydrogens is 657 g/mol. The van der Waals surface area contributed by atoms with E-state index in [0.717, 1.165) is 60.8 Å². The molecule has 2 amide bonds. The Morgan fingerprint density at radius 3 is 2.15 bits per heavy atom. The molecule has 6 heteroatoms. The van der Waals surface area contributed by atoms with E-state index in [2.05, 4.69) is 56.4 Å². The minimum Gasteiger partial charge on any atom is -0.393 e. The lowest BCUT2D eigenvalue weighted by molar-refractivity contribution is -0.174. The summed E-state index contributed by atoms with van der Waals surface area (Å²) in [6.07, 6.45) is 12.8. The molecule has 2 spiro atoms. The third kappa shape index (κ3) is 5.41. The average molecular weight is 713 g/mol. The van der Waals surface area contributed by atoms with E-state index in [0.29, 0.717) is 24.9 Å².